The molecule has 0 saturated heterocycles. The van der Waals surface area contributed by atoms with Crippen LogP contribution < -0.4 is 15.6 Å². The van der Waals surface area contributed by atoms with E-state index in [4.69, 9.17) is 11.6 Å². The largest absolute Gasteiger partial charge is 0.453 e. The normalized spacial score (nSPS) is 11.3. The molecular formula is C18H17ClF3N6+. The zero-order valence-electron chi connectivity index (χ0n) is 14.8. The van der Waals surface area contributed by atoms with Crippen molar-refractivity contribution >= 4 is 23.2 Å². The molecule has 3 rings (SSSR count). The molecule has 0 aliphatic heterocycles. The van der Waals surface area contributed by atoms with E-state index in [-0.39, 0.29) is 5.82 Å². The number of H-pyrrole nitrogens is 1. The summed E-state index contributed by atoms with van der Waals surface area (Å²) in [5.74, 6) is 1.22. The first-order chi connectivity index (χ1) is 13.3. The third-order valence-corrected chi connectivity index (χ3v) is 4.24. The van der Waals surface area contributed by atoms with E-state index < -0.39 is 11.9 Å². The Balaban J connectivity index is 1.64. The lowest BCUT2D eigenvalue weighted by Crippen LogP contribution is -2.26. The minimum atomic E-state index is -4.43. The number of aromatic amines is 1. The Morgan fingerprint density at radius 3 is 2.46 bits per heavy atom. The van der Waals surface area contributed by atoms with Gasteiger partial charge in [-0.3, -0.25) is 10.3 Å². The van der Waals surface area contributed by atoms with E-state index in [2.05, 4.69) is 30.6 Å². The summed E-state index contributed by atoms with van der Waals surface area (Å²) in [4.78, 5) is 15.1. The molecule has 3 aromatic heterocycles. The van der Waals surface area contributed by atoms with Crippen molar-refractivity contribution in [2.24, 2.45) is 0 Å². The Kier molecular flexibility index (Phi) is 5.93. The van der Waals surface area contributed by atoms with E-state index in [1.807, 2.05) is 0 Å². The van der Waals surface area contributed by atoms with E-state index in [0.717, 1.165) is 11.6 Å². The number of nitrogens with zero attached hydrogens (tertiary/aromatic N) is 3. The van der Waals surface area contributed by atoms with Gasteiger partial charge in [-0.25, -0.2) is 15.0 Å². The number of aromatic nitrogens is 4. The Morgan fingerprint density at radius 2 is 1.75 bits per heavy atom. The summed E-state index contributed by atoms with van der Waals surface area (Å²) in [6, 6.07) is 7.42. The number of pyridine rings is 2. The van der Waals surface area contributed by atoms with Gasteiger partial charge in [0.15, 0.2) is 5.82 Å². The highest BCUT2D eigenvalue weighted by atomic mass is 35.5. The van der Waals surface area contributed by atoms with E-state index in [1.54, 1.807) is 31.5 Å². The van der Waals surface area contributed by atoms with Crippen molar-refractivity contribution in [3.8, 4) is 11.4 Å². The number of alkyl halides is 3. The van der Waals surface area contributed by atoms with Crippen LogP contribution in [0.15, 0.2) is 42.7 Å². The monoisotopic (exact) mass is 409 g/mol. The number of hydrogen-bond acceptors (Lipinski definition) is 5. The van der Waals surface area contributed by atoms with Gasteiger partial charge in [0.1, 0.15) is 17.4 Å². The first-order valence-corrected chi connectivity index (χ1v) is 8.74. The van der Waals surface area contributed by atoms with Crippen molar-refractivity contribution in [3.05, 3.63) is 59.1 Å². The first kappa shape index (κ1) is 19.8. The highest BCUT2D eigenvalue weighted by Crippen LogP contribution is 2.27. The molecule has 0 unspecified atom stereocenters. The molecule has 0 aliphatic rings. The number of nitrogens with one attached hydrogen (secondary N) is 3. The first-order valence-electron chi connectivity index (χ1n) is 8.36. The molecule has 10 heteroatoms. The van der Waals surface area contributed by atoms with E-state index >= 15 is 0 Å². The molecule has 3 N–H and O–H groups in total. The van der Waals surface area contributed by atoms with Gasteiger partial charge >= 0.3 is 6.18 Å². The molecule has 0 spiro atoms. The Morgan fingerprint density at radius 1 is 1.04 bits per heavy atom. The molecule has 3 heterocycles. The fourth-order valence-corrected chi connectivity index (χ4v) is 2.57. The molecule has 0 amide bonds. The number of halogens is 4. The van der Waals surface area contributed by atoms with Crippen molar-refractivity contribution in [1.29, 1.82) is 0 Å². The minimum absolute atomic E-state index is 0.263. The lowest BCUT2D eigenvalue weighted by atomic mass is 10.2. The number of rotatable bonds is 6. The molecule has 0 bridgehead atoms. The van der Waals surface area contributed by atoms with Crippen LogP contribution in [0.3, 0.4) is 0 Å². The SMILES string of the molecule is Cc1nc(-c2ccncc2)nc(NCCNc2cccc(C(F)(F)F)[nH+]2)c1Cl. The van der Waals surface area contributed by atoms with Gasteiger partial charge in [0, 0.05) is 24.0 Å². The Hall–Kier alpha value is -2.94. The van der Waals surface area contributed by atoms with Crippen molar-refractivity contribution in [2.75, 3.05) is 23.7 Å². The van der Waals surface area contributed by atoms with Crippen LogP contribution in [0.25, 0.3) is 11.4 Å². The average Bonchev–Trinajstić information content (AvgIpc) is 2.68. The van der Waals surface area contributed by atoms with E-state index in [9.17, 15) is 13.2 Å². The summed E-state index contributed by atoms with van der Waals surface area (Å²) < 4.78 is 38.2. The minimum Gasteiger partial charge on any atom is -0.365 e. The molecule has 0 aromatic carbocycles. The van der Waals surface area contributed by atoms with Gasteiger partial charge in [-0.2, -0.15) is 13.2 Å². The summed E-state index contributed by atoms with van der Waals surface area (Å²) in [6.07, 6.45) is -1.14. The molecule has 0 aliphatic carbocycles. The molecular weight excluding hydrogens is 393 g/mol. The summed E-state index contributed by atoms with van der Waals surface area (Å²) in [5, 5.41) is 6.37. The maximum Gasteiger partial charge on any atom is 0.453 e. The number of anilines is 2. The van der Waals surface area contributed by atoms with Crippen LogP contribution in [0.2, 0.25) is 5.02 Å². The molecule has 0 fully saturated rings. The third-order valence-electron chi connectivity index (χ3n) is 3.79. The van der Waals surface area contributed by atoms with Gasteiger partial charge < -0.3 is 5.32 Å². The predicted octanol–water partition coefficient (Wildman–Crippen LogP) is 3.86. The molecule has 6 nitrogen and oxygen atoms in total. The van der Waals surface area contributed by atoms with Crippen LogP contribution in [0.5, 0.6) is 0 Å². The Bertz CT molecular complexity index is 950. The zero-order chi connectivity index (χ0) is 20.1. The maximum absolute atomic E-state index is 12.7. The topological polar surface area (TPSA) is 76.9 Å². The average molecular weight is 410 g/mol. The standard InChI is InChI=1S/C18H16ClF3N6/c1-11-15(19)17(28-16(26-11)12-5-7-23-8-6-12)25-10-9-24-14-4-2-3-13(27-14)18(20,21)22/h2-8H,9-10H2,1H3,(H,24,27)(H,25,26,28)/p+1. The molecule has 0 saturated carbocycles. The maximum atomic E-state index is 12.7. The van der Waals surface area contributed by atoms with Gasteiger partial charge in [0.05, 0.1) is 12.2 Å². The lowest BCUT2D eigenvalue weighted by Gasteiger charge is -2.11. The second-order valence-electron chi connectivity index (χ2n) is 5.86. The van der Waals surface area contributed by atoms with Crippen LogP contribution in [0.1, 0.15) is 11.4 Å². The fraction of sp³-hybridized carbons (Fsp3) is 0.222. The summed E-state index contributed by atoms with van der Waals surface area (Å²) >= 11 is 6.27. The van der Waals surface area contributed by atoms with Crippen molar-refractivity contribution in [1.82, 2.24) is 15.0 Å². The van der Waals surface area contributed by atoms with Crippen molar-refractivity contribution in [3.63, 3.8) is 0 Å². The van der Waals surface area contributed by atoms with E-state index in [0.29, 0.717) is 35.4 Å². The molecule has 28 heavy (non-hydrogen) atoms. The van der Waals surface area contributed by atoms with Crippen LogP contribution in [0.4, 0.5) is 24.8 Å². The molecule has 3 aromatic rings. The smallest absolute Gasteiger partial charge is 0.365 e. The highest BCUT2D eigenvalue weighted by molar-refractivity contribution is 6.33. The van der Waals surface area contributed by atoms with Crippen molar-refractivity contribution in [2.45, 2.75) is 13.1 Å². The van der Waals surface area contributed by atoms with Gasteiger partial charge in [-0.1, -0.05) is 11.6 Å². The van der Waals surface area contributed by atoms with Gasteiger partial charge in [0.2, 0.25) is 5.69 Å². The number of aryl methyl sites for hydroxylation is 1. The van der Waals surface area contributed by atoms with E-state index in [1.165, 1.54) is 12.1 Å². The molecule has 0 radical (unpaired) electrons. The van der Waals surface area contributed by atoms with Crippen molar-refractivity contribution < 1.29 is 18.2 Å². The van der Waals surface area contributed by atoms with Gasteiger partial charge in [-0.05, 0) is 31.2 Å². The summed E-state index contributed by atoms with van der Waals surface area (Å²) in [5.41, 5.74) is 0.599. The molecule has 0 atom stereocenters. The second kappa shape index (κ2) is 8.39. The summed E-state index contributed by atoms with van der Waals surface area (Å²) in [6.45, 7) is 2.51. The third kappa shape index (κ3) is 4.86. The van der Waals surface area contributed by atoms with Crippen LogP contribution >= 0.6 is 11.6 Å². The van der Waals surface area contributed by atoms with Gasteiger partial charge in [0.25, 0.3) is 5.82 Å². The quantitative estimate of drug-likeness (QED) is 0.604. The van der Waals surface area contributed by atoms with Crippen LogP contribution in [0, 0.1) is 6.92 Å². The number of hydrogen-bond donors (Lipinski definition) is 2. The Labute approximate surface area is 164 Å². The second-order valence-corrected chi connectivity index (χ2v) is 6.24. The lowest BCUT2D eigenvalue weighted by molar-refractivity contribution is -0.412. The van der Waals surface area contributed by atoms with Crippen LogP contribution in [-0.2, 0) is 6.18 Å². The highest BCUT2D eigenvalue weighted by Gasteiger charge is 2.35. The summed E-state index contributed by atoms with van der Waals surface area (Å²) in [7, 11) is 0. The zero-order valence-corrected chi connectivity index (χ0v) is 15.6. The predicted molar refractivity (Wildman–Crippen MR) is 100.0 cm³/mol. The van der Waals surface area contributed by atoms with Crippen LogP contribution in [-0.4, -0.2) is 28.0 Å². The molecule has 146 valence electrons. The fourth-order valence-electron chi connectivity index (χ4n) is 2.42. The van der Waals surface area contributed by atoms with Gasteiger partial charge in [-0.15, -0.1) is 0 Å².